The summed E-state index contributed by atoms with van der Waals surface area (Å²) in [4.78, 5) is 13.9. The van der Waals surface area contributed by atoms with Crippen LogP contribution in [-0.2, 0) is 9.53 Å². The third kappa shape index (κ3) is 10.9. The van der Waals surface area contributed by atoms with E-state index in [0.29, 0.717) is 0 Å². The van der Waals surface area contributed by atoms with Crippen molar-refractivity contribution in [1.82, 2.24) is 0 Å². The van der Waals surface area contributed by atoms with E-state index >= 15 is 0 Å². The van der Waals surface area contributed by atoms with E-state index in [-0.39, 0.29) is 12.1 Å². The van der Waals surface area contributed by atoms with E-state index < -0.39 is 0 Å². The lowest BCUT2D eigenvalue weighted by atomic mass is 10.1. The van der Waals surface area contributed by atoms with Gasteiger partial charge in [0, 0.05) is 6.61 Å². The fourth-order valence-electron chi connectivity index (χ4n) is 2.24. The number of unbranched alkanes of at least 4 members (excludes halogenated alkanes) is 7. The molecule has 0 saturated carbocycles. The summed E-state index contributed by atoms with van der Waals surface area (Å²) in [5.41, 5.74) is 0. The fourth-order valence-corrected chi connectivity index (χ4v) is 2.24. The summed E-state index contributed by atoms with van der Waals surface area (Å²) in [5.74, 6) is 0. The summed E-state index contributed by atoms with van der Waals surface area (Å²) in [5, 5.41) is 0. The summed E-state index contributed by atoms with van der Waals surface area (Å²) in [6.07, 6.45) is 13.0. The monoisotopic (exact) mass is 269 g/mol. The second-order valence-electron chi connectivity index (χ2n) is 5.25. The molecular weight excluding hydrogens is 238 g/mol. The molecule has 0 heterocycles. The van der Waals surface area contributed by atoms with Gasteiger partial charge in [0.05, 0.1) is 12.1 Å². The van der Waals surface area contributed by atoms with Gasteiger partial charge in [0.1, 0.15) is 0 Å². The van der Waals surface area contributed by atoms with E-state index in [9.17, 15) is 4.79 Å². The fraction of sp³-hybridized carbons (Fsp3) is 0.938. The second kappa shape index (κ2) is 13.8. The predicted octanol–water partition coefficient (Wildman–Crippen LogP) is 4.65. The van der Waals surface area contributed by atoms with Crippen LogP contribution in [0.4, 0.5) is 0 Å². The van der Waals surface area contributed by atoms with Crippen molar-refractivity contribution < 1.29 is 9.53 Å². The van der Waals surface area contributed by atoms with Crippen molar-refractivity contribution in [2.75, 3.05) is 6.61 Å². The van der Waals surface area contributed by atoms with Crippen LogP contribution in [0.2, 0.25) is 0 Å². The van der Waals surface area contributed by atoms with E-state index in [4.69, 9.17) is 4.74 Å². The zero-order valence-corrected chi connectivity index (χ0v) is 13.0. The van der Waals surface area contributed by atoms with E-state index in [2.05, 4.69) is 18.8 Å². The Kier molecular flexibility index (Phi) is 13.3. The zero-order valence-electron chi connectivity index (χ0n) is 13.0. The minimum Gasteiger partial charge on any atom is -0.376 e. The Hall–Kier alpha value is -0.660. The molecule has 0 amide bonds. The third-order valence-electron chi connectivity index (χ3n) is 3.53. The topological polar surface area (TPSA) is 38.7 Å². The van der Waals surface area contributed by atoms with Gasteiger partial charge in [-0.15, -0.1) is 0 Å². The molecule has 112 valence electrons. The van der Waals surface area contributed by atoms with E-state index in [1.165, 1.54) is 44.9 Å². The predicted molar refractivity (Wildman–Crippen MR) is 80.2 cm³/mol. The van der Waals surface area contributed by atoms with Gasteiger partial charge in [-0.2, -0.15) is 0 Å². The Balaban J connectivity index is 3.43. The summed E-state index contributed by atoms with van der Waals surface area (Å²) < 4.78 is 5.78. The van der Waals surface area contributed by atoms with Gasteiger partial charge >= 0.3 is 0 Å². The van der Waals surface area contributed by atoms with Crippen LogP contribution in [0.15, 0.2) is 4.99 Å². The van der Waals surface area contributed by atoms with Crippen LogP contribution in [0.25, 0.3) is 0 Å². The van der Waals surface area contributed by atoms with Crippen molar-refractivity contribution in [3.63, 3.8) is 0 Å². The van der Waals surface area contributed by atoms with Crippen molar-refractivity contribution in [1.29, 1.82) is 0 Å². The summed E-state index contributed by atoms with van der Waals surface area (Å²) in [6.45, 7) is 7.01. The molecule has 0 aliphatic carbocycles. The Morgan fingerprint density at radius 1 is 1.00 bits per heavy atom. The first-order valence-electron chi connectivity index (χ1n) is 7.94. The maximum absolute atomic E-state index is 10.2. The molecule has 3 heteroatoms. The summed E-state index contributed by atoms with van der Waals surface area (Å²) >= 11 is 0. The van der Waals surface area contributed by atoms with Crippen LogP contribution in [-0.4, -0.2) is 24.8 Å². The smallest absolute Gasteiger partial charge is 0.235 e. The van der Waals surface area contributed by atoms with Crippen LogP contribution >= 0.6 is 0 Å². The molecule has 0 spiro atoms. The van der Waals surface area contributed by atoms with Crippen molar-refractivity contribution in [3.8, 4) is 0 Å². The van der Waals surface area contributed by atoms with Gasteiger partial charge in [0.2, 0.25) is 6.08 Å². The summed E-state index contributed by atoms with van der Waals surface area (Å²) in [6, 6.07) is -0.0726. The van der Waals surface area contributed by atoms with Crippen molar-refractivity contribution >= 4 is 6.08 Å². The molecule has 0 saturated heterocycles. The van der Waals surface area contributed by atoms with Gasteiger partial charge < -0.3 is 4.74 Å². The maximum Gasteiger partial charge on any atom is 0.235 e. The molecule has 0 aliphatic heterocycles. The number of hydrogen-bond donors (Lipinski definition) is 0. The molecule has 0 aromatic rings. The molecule has 0 rings (SSSR count). The number of rotatable bonds is 13. The van der Waals surface area contributed by atoms with Gasteiger partial charge in [0.25, 0.3) is 0 Å². The largest absolute Gasteiger partial charge is 0.376 e. The van der Waals surface area contributed by atoms with Gasteiger partial charge in [-0.1, -0.05) is 58.8 Å². The van der Waals surface area contributed by atoms with Crippen LogP contribution in [0.1, 0.15) is 78.6 Å². The number of hydrogen-bond acceptors (Lipinski definition) is 3. The lowest BCUT2D eigenvalue weighted by molar-refractivity contribution is 0.0350. The first kappa shape index (κ1) is 18.3. The summed E-state index contributed by atoms with van der Waals surface area (Å²) in [7, 11) is 0. The number of aliphatic imine (C=N–C) groups is 1. The Morgan fingerprint density at radius 3 is 2.11 bits per heavy atom. The van der Waals surface area contributed by atoms with Crippen molar-refractivity contribution in [2.24, 2.45) is 4.99 Å². The third-order valence-corrected chi connectivity index (χ3v) is 3.53. The van der Waals surface area contributed by atoms with E-state index in [0.717, 1.165) is 19.4 Å². The van der Waals surface area contributed by atoms with Gasteiger partial charge in [-0.25, -0.2) is 9.79 Å². The molecule has 19 heavy (non-hydrogen) atoms. The molecule has 0 bridgehead atoms. The van der Waals surface area contributed by atoms with Crippen LogP contribution < -0.4 is 0 Å². The second-order valence-corrected chi connectivity index (χ2v) is 5.25. The number of nitrogens with zero attached hydrogens (tertiary/aromatic N) is 1. The molecule has 0 fully saturated rings. The highest BCUT2D eigenvalue weighted by molar-refractivity contribution is 5.33. The Labute approximate surface area is 118 Å². The van der Waals surface area contributed by atoms with Crippen LogP contribution in [0, 0.1) is 0 Å². The molecule has 2 unspecified atom stereocenters. The highest BCUT2D eigenvalue weighted by Crippen LogP contribution is 2.11. The molecular formula is C16H31NO2. The van der Waals surface area contributed by atoms with Crippen molar-refractivity contribution in [2.45, 2.75) is 90.7 Å². The molecule has 3 nitrogen and oxygen atoms in total. The minimum atomic E-state index is -0.0726. The number of ether oxygens (including phenoxy) is 1. The normalized spacial score (nSPS) is 13.8. The van der Waals surface area contributed by atoms with Gasteiger partial charge in [-0.3, -0.25) is 0 Å². The zero-order chi connectivity index (χ0) is 14.3. The highest BCUT2D eigenvalue weighted by Gasteiger charge is 2.14. The minimum absolute atomic E-state index is 0.0611. The highest BCUT2D eigenvalue weighted by atomic mass is 16.5. The van der Waals surface area contributed by atoms with E-state index in [1.54, 1.807) is 6.08 Å². The SMILES string of the molecule is CCCCCCCCCCOC(CC)C(C)N=C=O. The molecule has 0 aliphatic rings. The first-order chi connectivity index (χ1) is 9.26. The molecule has 2 atom stereocenters. The lowest BCUT2D eigenvalue weighted by Gasteiger charge is -2.18. The van der Waals surface area contributed by atoms with Crippen LogP contribution in [0.5, 0.6) is 0 Å². The quantitative estimate of drug-likeness (QED) is 0.277. The van der Waals surface area contributed by atoms with Crippen LogP contribution in [0.3, 0.4) is 0 Å². The average molecular weight is 269 g/mol. The van der Waals surface area contributed by atoms with Crippen molar-refractivity contribution in [3.05, 3.63) is 0 Å². The van der Waals surface area contributed by atoms with Gasteiger partial charge in [-0.05, 0) is 19.8 Å². The number of isocyanates is 1. The molecule has 0 radical (unpaired) electrons. The van der Waals surface area contributed by atoms with E-state index in [1.807, 2.05) is 6.92 Å². The Morgan fingerprint density at radius 2 is 1.58 bits per heavy atom. The standard InChI is InChI=1S/C16H31NO2/c1-4-6-7-8-9-10-11-12-13-19-16(5-2)15(3)17-14-18/h15-16H,4-13H2,1-3H3. The first-order valence-corrected chi connectivity index (χ1v) is 7.94. The molecule has 0 aromatic heterocycles. The Bertz CT molecular complexity index is 237. The molecule has 0 aromatic carbocycles. The maximum atomic E-state index is 10.2. The lowest BCUT2D eigenvalue weighted by Crippen LogP contribution is -2.24. The average Bonchev–Trinajstić information content (AvgIpc) is 2.41. The number of carbonyl (C=O) groups excluding carboxylic acids is 1. The van der Waals surface area contributed by atoms with Gasteiger partial charge in [0.15, 0.2) is 0 Å². The molecule has 0 N–H and O–H groups in total.